The summed E-state index contributed by atoms with van der Waals surface area (Å²) >= 11 is 12.1. The molecular weight excluding hydrogens is 417 g/mol. The van der Waals surface area contributed by atoms with Gasteiger partial charge in [-0.15, -0.1) is 0 Å². The Morgan fingerprint density at radius 3 is 2.41 bits per heavy atom. The normalized spacial score (nSPS) is 16.9. The third-order valence-electron chi connectivity index (χ3n) is 4.40. The van der Waals surface area contributed by atoms with E-state index in [1.54, 1.807) is 39.0 Å². The summed E-state index contributed by atoms with van der Waals surface area (Å²) in [6, 6.07) is 4.24. The van der Waals surface area contributed by atoms with Crippen molar-refractivity contribution in [3.63, 3.8) is 0 Å². The Bertz CT molecular complexity index is 759. The second kappa shape index (κ2) is 9.67. The number of likely N-dealkylation sites (tertiary alicyclic amines) is 1. The number of ether oxygens (including phenoxy) is 1. The van der Waals surface area contributed by atoms with E-state index in [0.29, 0.717) is 28.7 Å². The van der Waals surface area contributed by atoms with Gasteiger partial charge in [-0.3, -0.25) is 14.5 Å². The van der Waals surface area contributed by atoms with Crippen molar-refractivity contribution in [3.8, 4) is 0 Å². The van der Waals surface area contributed by atoms with Crippen LogP contribution in [0, 0.1) is 0 Å². The van der Waals surface area contributed by atoms with Gasteiger partial charge in [-0.1, -0.05) is 29.3 Å². The van der Waals surface area contributed by atoms with E-state index < -0.39 is 23.6 Å². The van der Waals surface area contributed by atoms with Gasteiger partial charge in [-0.2, -0.15) is 0 Å². The number of halogens is 2. The molecule has 1 aliphatic heterocycles. The second-order valence-electron chi connectivity index (χ2n) is 8.02. The van der Waals surface area contributed by atoms with E-state index in [1.165, 1.54) is 16.8 Å². The summed E-state index contributed by atoms with van der Waals surface area (Å²) in [5.41, 5.74) is -0.350. The maximum Gasteiger partial charge on any atom is 0.410 e. The first kappa shape index (κ1) is 23.3. The van der Waals surface area contributed by atoms with Gasteiger partial charge < -0.3 is 15.0 Å². The Labute approximate surface area is 181 Å². The monoisotopic (exact) mass is 443 g/mol. The average Bonchev–Trinajstić information content (AvgIpc) is 2.62. The Balaban J connectivity index is 2.03. The van der Waals surface area contributed by atoms with Crippen LogP contribution in [0.3, 0.4) is 0 Å². The van der Waals surface area contributed by atoms with Crippen LogP contribution in [-0.2, 0) is 14.3 Å². The molecule has 0 saturated carbocycles. The second-order valence-corrected chi connectivity index (χ2v) is 8.84. The topological polar surface area (TPSA) is 79.0 Å². The summed E-state index contributed by atoms with van der Waals surface area (Å²) in [4.78, 5) is 40.6. The van der Waals surface area contributed by atoms with Gasteiger partial charge in [-0.05, 0) is 52.2 Å². The maximum absolute atomic E-state index is 12.9. The fourth-order valence-corrected chi connectivity index (χ4v) is 3.56. The molecule has 1 unspecified atom stereocenters. The number of amides is 3. The lowest BCUT2D eigenvalue weighted by Gasteiger charge is -2.37. The van der Waals surface area contributed by atoms with Crippen molar-refractivity contribution in [2.75, 3.05) is 25.5 Å². The molecule has 1 heterocycles. The van der Waals surface area contributed by atoms with Crippen molar-refractivity contribution in [2.24, 2.45) is 0 Å². The molecule has 7 nitrogen and oxygen atoms in total. The number of likely N-dealkylation sites (N-methyl/N-ethyl adjacent to an activating group) is 1. The van der Waals surface area contributed by atoms with Gasteiger partial charge in [0.25, 0.3) is 0 Å². The molecular formula is C20H27Cl2N3O4. The van der Waals surface area contributed by atoms with Crippen LogP contribution in [-0.4, -0.2) is 59.5 Å². The summed E-state index contributed by atoms with van der Waals surface area (Å²) in [5, 5.41) is 3.25. The van der Waals surface area contributed by atoms with Crippen molar-refractivity contribution in [2.45, 2.75) is 51.7 Å². The van der Waals surface area contributed by atoms with Gasteiger partial charge >= 0.3 is 6.09 Å². The minimum atomic E-state index is -0.652. The van der Waals surface area contributed by atoms with Crippen LogP contribution in [0.4, 0.5) is 10.5 Å². The van der Waals surface area contributed by atoms with Crippen LogP contribution in [0.15, 0.2) is 18.2 Å². The van der Waals surface area contributed by atoms with Crippen molar-refractivity contribution in [1.29, 1.82) is 0 Å². The van der Waals surface area contributed by atoms with Crippen LogP contribution in [0.25, 0.3) is 0 Å². The molecule has 29 heavy (non-hydrogen) atoms. The molecule has 0 spiro atoms. The Morgan fingerprint density at radius 1 is 1.21 bits per heavy atom. The molecule has 1 saturated heterocycles. The third kappa shape index (κ3) is 6.51. The maximum atomic E-state index is 12.9. The van der Waals surface area contributed by atoms with Crippen LogP contribution in [0.1, 0.15) is 40.0 Å². The molecule has 0 radical (unpaired) electrons. The van der Waals surface area contributed by atoms with Gasteiger partial charge in [0, 0.05) is 13.6 Å². The lowest BCUT2D eigenvalue weighted by atomic mass is 10.0. The molecule has 1 aliphatic rings. The molecule has 1 fully saturated rings. The number of nitrogens with zero attached hydrogens (tertiary/aromatic N) is 2. The number of benzene rings is 1. The number of rotatable bonds is 4. The minimum Gasteiger partial charge on any atom is -0.444 e. The lowest BCUT2D eigenvalue weighted by molar-refractivity contribution is -0.139. The van der Waals surface area contributed by atoms with Crippen molar-refractivity contribution >= 4 is 46.8 Å². The smallest absolute Gasteiger partial charge is 0.410 e. The number of hydrogen-bond donors (Lipinski definition) is 1. The van der Waals surface area contributed by atoms with E-state index in [2.05, 4.69) is 5.32 Å². The zero-order valence-corrected chi connectivity index (χ0v) is 18.6. The number of hydrogen-bond acceptors (Lipinski definition) is 4. The SMILES string of the molecule is CN(CC(=O)Nc1c(Cl)cccc1Cl)C(=O)C1CCCCN1C(=O)OC(C)(C)C. The largest absolute Gasteiger partial charge is 0.444 e. The molecule has 0 aromatic heterocycles. The number of piperidine rings is 1. The highest BCUT2D eigenvalue weighted by Crippen LogP contribution is 2.29. The number of para-hydroxylation sites is 1. The Morgan fingerprint density at radius 2 is 1.83 bits per heavy atom. The zero-order valence-electron chi connectivity index (χ0n) is 17.1. The molecule has 1 aromatic rings. The van der Waals surface area contributed by atoms with Gasteiger partial charge in [0.15, 0.2) is 0 Å². The first-order valence-corrected chi connectivity index (χ1v) is 10.2. The highest BCUT2D eigenvalue weighted by molar-refractivity contribution is 6.39. The molecule has 2 rings (SSSR count). The number of anilines is 1. The molecule has 1 N–H and O–H groups in total. The van der Waals surface area contributed by atoms with Crippen LogP contribution in [0.2, 0.25) is 10.0 Å². The van der Waals surface area contributed by atoms with Gasteiger partial charge in [0.1, 0.15) is 11.6 Å². The predicted molar refractivity (Wildman–Crippen MR) is 113 cm³/mol. The van der Waals surface area contributed by atoms with Gasteiger partial charge in [0.2, 0.25) is 11.8 Å². The molecule has 0 bridgehead atoms. The lowest BCUT2D eigenvalue weighted by Crippen LogP contribution is -2.54. The van der Waals surface area contributed by atoms with E-state index in [9.17, 15) is 14.4 Å². The first-order valence-electron chi connectivity index (χ1n) is 9.48. The van der Waals surface area contributed by atoms with E-state index in [1.807, 2.05) is 0 Å². The Hall–Kier alpha value is -1.99. The van der Waals surface area contributed by atoms with Crippen molar-refractivity contribution in [1.82, 2.24) is 9.80 Å². The number of carbonyl (C=O) groups is 3. The minimum absolute atomic E-state index is 0.195. The quantitative estimate of drug-likeness (QED) is 0.756. The van der Waals surface area contributed by atoms with E-state index in [4.69, 9.17) is 27.9 Å². The van der Waals surface area contributed by atoms with Gasteiger partial charge in [0.05, 0.1) is 22.3 Å². The summed E-state index contributed by atoms with van der Waals surface area (Å²) in [7, 11) is 1.53. The highest BCUT2D eigenvalue weighted by atomic mass is 35.5. The molecule has 1 aromatic carbocycles. The number of carbonyl (C=O) groups excluding carboxylic acids is 3. The van der Waals surface area contributed by atoms with Crippen molar-refractivity contribution < 1.29 is 19.1 Å². The molecule has 160 valence electrons. The Kier molecular flexibility index (Phi) is 7.77. The van der Waals surface area contributed by atoms with E-state index in [-0.39, 0.29) is 12.5 Å². The molecule has 9 heteroatoms. The summed E-state index contributed by atoms with van der Waals surface area (Å²) < 4.78 is 5.43. The fraction of sp³-hybridized carbons (Fsp3) is 0.550. The third-order valence-corrected chi connectivity index (χ3v) is 5.03. The summed E-state index contributed by atoms with van der Waals surface area (Å²) in [6.07, 6.45) is 1.64. The molecule has 1 atom stereocenters. The molecule has 3 amide bonds. The molecule has 0 aliphatic carbocycles. The average molecular weight is 444 g/mol. The highest BCUT2D eigenvalue weighted by Gasteiger charge is 2.36. The zero-order chi connectivity index (χ0) is 21.8. The summed E-state index contributed by atoms with van der Waals surface area (Å²) in [5.74, 6) is -0.744. The van der Waals surface area contributed by atoms with E-state index in [0.717, 1.165) is 12.8 Å². The van der Waals surface area contributed by atoms with Crippen LogP contribution >= 0.6 is 23.2 Å². The number of nitrogens with one attached hydrogen (secondary N) is 1. The van der Waals surface area contributed by atoms with Crippen molar-refractivity contribution in [3.05, 3.63) is 28.2 Å². The fourth-order valence-electron chi connectivity index (χ4n) is 3.07. The van der Waals surface area contributed by atoms with Crippen LogP contribution in [0.5, 0.6) is 0 Å². The first-order chi connectivity index (χ1) is 13.5. The predicted octanol–water partition coefficient (Wildman–Crippen LogP) is 4.18. The summed E-state index contributed by atoms with van der Waals surface area (Å²) in [6.45, 7) is 5.59. The van der Waals surface area contributed by atoms with E-state index >= 15 is 0 Å². The van der Waals surface area contributed by atoms with Gasteiger partial charge in [-0.25, -0.2) is 4.79 Å². The van der Waals surface area contributed by atoms with Crippen LogP contribution < -0.4 is 5.32 Å². The standard InChI is InChI=1S/C20H27Cl2N3O4/c1-20(2,3)29-19(28)25-11-6-5-10-15(25)18(27)24(4)12-16(26)23-17-13(21)8-7-9-14(17)22/h7-9,15H,5-6,10-12H2,1-4H3,(H,23,26).